The van der Waals surface area contributed by atoms with Crippen LogP contribution >= 0.6 is 0 Å². The molecule has 0 amide bonds. The van der Waals surface area contributed by atoms with E-state index in [0.717, 1.165) is 6.42 Å². The molecule has 1 aliphatic rings. The van der Waals surface area contributed by atoms with E-state index in [0.29, 0.717) is 5.92 Å². The molecule has 1 atom stereocenters. The van der Waals surface area contributed by atoms with Crippen molar-refractivity contribution in [3.63, 3.8) is 0 Å². The van der Waals surface area contributed by atoms with Crippen molar-refractivity contribution in [3.8, 4) is 0 Å². The van der Waals surface area contributed by atoms with Crippen LogP contribution in [-0.4, -0.2) is 13.1 Å². The fourth-order valence-electron chi connectivity index (χ4n) is 1.66. The molecule has 0 aromatic carbocycles. The number of carbonyl (C=O) groups excluding carboxylic acids is 1. The van der Waals surface area contributed by atoms with Crippen LogP contribution in [0.1, 0.15) is 20.3 Å². The van der Waals surface area contributed by atoms with Gasteiger partial charge in [-0.05, 0) is 26.2 Å². The molecule has 0 radical (unpaired) electrons. The molecular weight excluding hydrogens is 176 g/mol. The number of allylic oxidation sites excluding steroid dienone is 5. The molecule has 0 fully saturated rings. The van der Waals surface area contributed by atoms with Crippen LogP contribution in [0.2, 0.25) is 0 Å². The molecule has 14 heavy (non-hydrogen) atoms. The Kier molecular flexibility index (Phi) is 3.69. The standard InChI is InChI=1S/C12H16O2/c1-9-6-10(2)8-11(7-9)4-5-12(13)14-3/h4-7,11H,8H2,1-3H3. The Hall–Kier alpha value is -1.31. The lowest BCUT2D eigenvalue weighted by molar-refractivity contribution is -0.134. The van der Waals surface area contributed by atoms with Gasteiger partial charge < -0.3 is 4.74 Å². The summed E-state index contributed by atoms with van der Waals surface area (Å²) in [5, 5.41) is 0. The maximum absolute atomic E-state index is 10.9. The highest BCUT2D eigenvalue weighted by Gasteiger charge is 2.08. The van der Waals surface area contributed by atoms with E-state index >= 15 is 0 Å². The molecule has 2 nitrogen and oxygen atoms in total. The topological polar surface area (TPSA) is 26.3 Å². The highest BCUT2D eigenvalue weighted by Crippen LogP contribution is 2.22. The number of hydrogen-bond acceptors (Lipinski definition) is 2. The Balaban J connectivity index is 2.61. The smallest absolute Gasteiger partial charge is 0.330 e. The zero-order valence-corrected chi connectivity index (χ0v) is 8.91. The molecule has 0 spiro atoms. The fraction of sp³-hybridized carbons (Fsp3) is 0.417. The molecule has 0 N–H and O–H groups in total. The molecule has 1 rings (SSSR count). The van der Waals surface area contributed by atoms with E-state index in [1.54, 1.807) is 0 Å². The van der Waals surface area contributed by atoms with Gasteiger partial charge in [-0.3, -0.25) is 0 Å². The van der Waals surface area contributed by atoms with Crippen LogP contribution in [-0.2, 0) is 9.53 Å². The van der Waals surface area contributed by atoms with Crippen molar-refractivity contribution >= 4 is 5.97 Å². The predicted molar refractivity (Wildman–Crippen MR) is 56.8 cm³/mol. The summed E-state index contributed by atoms with van der Waals surface area (Å²) in [5.74, 6) is 0.0439. The molecule has 0 bridgehead atoms. The lowest BCUT2D eigenvalue weighted by Crippen LogP contribution is -2.01. The second-order valence-electron chi connectivity index (χ2n) is 3.65. The number of hydrogen-bond donors (Lipinski definition) is 0. The van der Waals surface area contributed by atoms with Gasteiger partial charge >= 0.3 is 5.97 Å². The number of ether oxygens (including phenoxy) is 1. The van der Waals surface area contributed by atoms with Gasteiger partial charge in [0.1, 0.15) is 0 Å². The SMILES string of the molecule is COC(=O)C=CC1C=C(C)C=C(C)C1. The zero-order valence-electron chi connectivity index (χ0n) is 8.91. The molecule has 1 unspecified atom stereocenters. The first-order valence-corrected chi connectivity index (χ1v) is 4.73. The van der Waals surface area contributed by atoms with E-state index in [4.69, 9.17) is 0 Å². The van der Waals surface area contributed by atoms with Crippen molar-refractivity contribution in [1.82, 2.24) is 0 Å². The predicted octanol–water partition coefficient (Wildman–Crippen LogP) is 2.63. The zero-order chi connectivity index (χ0) is 10.6. The fourth-order valence-corrected chi connectivity index (χ4v) is 1.66. The molecule has 0 heterocycles. The van der Waals surface area contributed by atoms with Gasteiger partial charge in [-0.2, -0.15) is 0 Å². The summed E-state index contributed by atoms with van der Waals surface area (Å²) in [5.41, 5.74) is 2.61. The van der Waals surface area contributed by atoms with Crippen LogP contribution in [0.15, 0.2) is 35.5 Å². The summed E-state index contributed by atoms with van der Waals surface area (Å²) in [4.78, 5) is 10.9. The van der Waals surface area contributed by atoms with Crippen molar-refractivity contribution in [1.29, 1.82) is 0 Å². The highest BCUT2D eigenvalue weighted by atomic mass is 16.5. The van der Waals surface area contributed by atoms with Crippen LogP contribution < -0.4 is 0 Å². The van der Waals surface area contributed by atoms with Crippen LogP contribution in [0.4, 0.5) is 0 Å². The lowest BCUT2D eigenvalue weighted by atomic mass is 9.91. The van der Waals surface area contributed by atoms with Crippen molar-refractivity contribution in [2.75, 3.05) is 7.11 Å². The summed E-state index contributed by atoms with van der Waals surface area (Å²) in [6.07, 6.45) is 8.71. The minimum atomic E-state index is -0.289. The van der Waals surface area contributed by atoms with Gasteiger partial charge in [-0.25, -0.2) is 4.79 Å². The Labute approximate surface area is 85.0 Å². The van der Waals surface area contributed by atoms with Crippen molar-refractivity contribution < 1.29 is 9.53 Å². The number of carbonyl (C=O) groups is 1. The van der Waals surface area contributed by atoms with E-state index in [1.165, 1.54) is 24.3 Å². The maximum Gasteiger partial charge on any atom is 0.330 e. The van der Waals surface area contributed by atoms with E-state index in [2.05, 4.69) is 30.7 Å². The molecule has 0 aromatic heterocycles. The van der Waals surface area contributed by atoms with Crippen LogP contribution in [0.25, 0.3) is 0 Å². The van der Waals surface area contributed by atoms with Gasteiger partial charge in [0.15, 0.2) is 0 Å². The average molecular weight is 192 g/mol. The van der Waals surface area contributed by atoms with Crippen LogP contribution in [0, 0.1) is 5.92 Å². The van der Waals surface area contributed by atoms with Gasteiger partial charge in [0.05, 0.1) is 7.11 Å². The third kappa shape index (κ3) is 3.21. The average Bonchev–Trinajstić information content (AvgIpc) is 2.12. The van der Waals surface area contributed by atoms with E-state index < -0.39 is 0 Å². The number of esters is 1. The maximum atomic E-state index is 10.9. The molecule has 0 saturated carbocycles. The molecule has 0 aromatic rings. The van der Waals surface area contributed by atoms with Crippen molar-refractivity contribution in [2.24, 2.45) is 5.92 Å². The molecule has 76 valence electrons. The Bertz CT molecular complexity index is 308. The summed E-state index contributed by atoms with van der Waals surface area (Å²) < 4.78 is 4.53. The minimum absolute atomic E-state index is 0.289. The van der Waals surface area contributed by atoms with Crippen molar-refractivity contribution in [3.05, 3.63) is 35.5 Å². The van der Waals surface area contributed by atoms with Gasteiger partial charge in [-0.15, -0.1) is 0 Å². The third-order valence-electron chi connectivity index (χ3n) is 2.19. The first-order valence-electron chi connectivity index (χ1n) is 4.73. The van der Waals surface area contributed by atoms with Gasteiger partial charge in [0, 0.05) is 6.08 Å². The van der Waals surface area contributed by atoms with Crippen molar-refractivity contribution in [2.45, 2.75) is 20.3 Å². The summed E-state index contributed by atoms with van der Waals surface area (Å²) in [6.45, 7) is 4.18. The lowest BCUT2D eigenvalue weighted by Gasteiger charge is -2.14. The van der Waals surface area contributed by atoms with Crippen LogP contribution in [0.5, 0.6) is 0 Å². The van der Waals surface area contributed by atoms with E-state index in [-0.39, 0.29) is 5.97 Å². The molecule has 1 aliphatic carbocycles. The monoisotopic (exact) mass is 192 g/mol. The quantitative estimate of drug-likeness (QED) is 0.496. The Morgan fingerprint density at radius 2 is 2.29 bits per heavy atom. The first-order chi connectivity index (χ1) is 6.61. The third-order valence-corrected chi connectivity index (χ3v) is 2.19. The molecule has 2 heteroatoms. The number of rotatable bonds is 2. The summed E-state index contributed by atoms with van der Waals surface area (Å²) >= 11 is 0. The second-order valence-corrected chi connectivity index (χ2v) is 3.65. The summed E-state index contributed by atoms with van der Waals surface area (Å²) in [6, 6.07) is 0. The molecule has 0 aliphatic heterocycles. The largest absolute Gasteiger partial charge is 0.466 e. The van der Waals surface area contributed by atoms with Gasteiger partial charge in [-0.1, -0.05) is 29.4 Å². The molecular formula is C12H16O2. The molecule has 0 saturated heterocycles. The van der Waals surface area contributed by atoms with E-state index in [9.17, 15) is 4.79 Å². The number of methoxy groups -OCH3 is 1. The van der Waals surface area contributed by atoms with Crippen LogP contribution in [0.3, 0.4) is 0 Å². The Morgan fingerprint density at radius 3 is 2.86 bits per heavy atom. The van der Waals surface area contributed by atoms with Gasteiger partial charge in [0.2, 0.25) is 0 Å². The van der Waals surface area contributed by atoms with Gasteiger partial charge in [0.25, 0.3) is 0 Å². The Morgan fingerprint density at radius 1 is 1.57 bits per heavy atom. The minimum Gasteiger partial charge on any atom is -0.466 e. The second kappa shape index (κ2) is 4.80. The normalized spacial score (nSPS) is 21.8. The first kappa shape index (κ1) is 10.8. The highest BCUT2D eigenvalue weighted by molar-refractivity contribution is 5.81. The summed E-state index contributed by atoms with van der Waals surface area (Å²) in [7, 11) is 1.39. The van der Waals surface area contributed by atoms with E-state index in [1.807, 2.05) is 6.08 Å².